The quantitative estimate of drug-likeness (QED) is 0.724. The highest BCUT2D eigenvalue weighted by Crippen LogP contribution is 2.30. The van der Waals surface area contributed by atoms with E-state index in [-0.39, 0.29) is 10.6 Å². The summed E-state index contributed by atoms with van der Waals surface area (Å²) in [4.78, 5) is 3.99. The maximum atomic E-state index is 12.8. The van der Waals surface area contributed by atoms with Gasteiger partial charge in [-0.25, -0.2) is 8.42 Å². The molecule has 0 aromatic heterocycles. The lowest BCUT2D eigenvalue weighted by Gasteiger charge is -2.33. The van der Waals surface area contributed by atoms with Crippen LogP contribution in [0.3, 0.4) is 0 Å². The molecule has 1 fully saturated rings. The van der Waals surface area contributed by atoms with Gasteiger partial charge >= 0.3 is 0 Å². The lowest BCUT2D eigenvalue weighted by molar-refractivity contribution is -0.898. The summed E-state index contributed by atoms with van der Waals surface area (Å²) in [6.45, 7) is 7.64. The zero-order valence-corrected chi connectivity index (χ0v) is 17.4. The molecule has 0 radical (unpaired) electrons. The molecule has 0 spiro atoms. The first-order valence-electron chi connectivity index (χ1n) is 9.40. The molecule has 2 N–H and O–H groups in total. The fourth-order valence-electron chi connectivity index (χ4n) is 3.38. The van der Waals surface area contributed by atoms with Crippen molar-refractivity contribution in [2.24, 2.45) is 0 Å². The molecular weight excluding hydrogens is 378 g/mol. The first kappa shape index (κ1) is 20.3. The Morgan fingerprint density at radius 1 is 1.04 bits per heavy atom. The zero-order chi connectivity index (χ0) is 20.1. The highest BCUT2D eigenvalue weighted by atomic mass is 32.2. The normalized spacial score (nSPS) is 15.3. The Balaban J connectivity index is 1.75. The van der Waals surface area contributed by atoms with E-state index in [2.05, 4.69) is 16.5 Å². The molecule has 0 bridgehead atoms. The van der Waals surface area contributed by atoms with Crippen LogP contribution in [0.5, 0.6) is 11.5 Å². The minimum Gasteiger partial charge on any atom is -0.497 e. The molecular formula is C20H28N3O4S+. The molecule has 0 unspecified atom stereocenters. The van der Waals surface area contributed by atoms with E-state index in [1.165, 1.54) is 20.3 Å². The summed E-state index contributed by atoms with van der Waals surface area (Å²) >= 11 is 0. The Hall–Kier alpha value is -2.45. The van der Waals surface area contributed by atoms with Crippen LogP contribution >= 0.6 is 0 Å². The summed E-state index contributed by atoms with van der Waals surface area (Å²) < 4.78 is 38.7. The van der Waals surface area contributed by atoms with Crippen LogP contribution in [0.25, 0.3) is 0 Å². The average Bonchev–Trinajstić information content (AvgIpc) is 2.73. The number of anilines is 2. The average molecular weight is 407 g/mol. The summed E-state index contributed by atoms with van der Waals surface area (Å²) in [5, 5.41) is 0. The van der Waals surface area contributed by atoms with E-state index in [9.17, 15) is 8.42 Å². The SMILES string of the molecule is CC[NH+]1CCN(c2ccc(NS(=O)(=O)c3cc(OC)ccc3OC)cc2)CC1. The van der Waals surface area contributed by atoms with E-state index in [0.717, 1.165) is 38.4 Å². The molecule has 1 saturated heterocycles. The van der Waals surface area contributed by atoms with Gasteiger partial charge in [0.25, 0.3) is 10.0 Å². The summed E-state index contributed by atoms with van der Waals surface area (Å²) in [6, 6.07) is 12.2. The fourth-order valence-corrected chi connectivity index (χ4v) is 4.62. The monoisotopic (exact) mass is 406 g/mol. The van der Waals surface area contributed by atoms with Crippen molar-refractivity contribution in [3.8, 4) is 11.5 Å². The van der Waals surface area contributed by atoms with Crippen LogP contribution in [-0.2, 0) is 10.0 Å². The number of sulfonamides is 1. The molecule has 28 heavy (non-hydrogen) atoms. The van der Waals surface area contributed by atoms with Gasteiger partial charge in [-0.1, -0.05) is 0 Å². The van der Waals surface area contributed by atoms with Gasteiger partial charge in [0.2, 0.25) is 0 Å². The van der Waals surface area contributed by atoms with Gasteiger partial charge in [0.15, 0.2) is 0 Å². The van der Waals surface area contributed by atoms with E-state index in [0.29, 0.717) is 11.4 Å². The van der Waals surface area contributed by atoms with Crippen LogP contribution in [0.4, 0.5) is 11.4 Å². The van der Waals surface area contributed by atoms with E-state index < -0.39 is 10.0 Å². The third kappa shape index (κ3) is 4.51. The maximum absolute atomic E-state index is 12.8. The number of hydrogen-bond acceptors (Lipinski definition) is 5. The molecule has 152 valence electrons. The van der Waals surface area contributed by atoms with Gasteiger partial charge in [-0.05, 0) is 43.3 Å². The summed E-state index contributed by atoms with van der Waals surface area (Å²) in [7, 11) is -0.877. The van der Waals surface area contributed by atoms with Crippen molar-refractivity contribution in [1.29, 1.82) is 0 Å². The van der Waals surface area contributed by atoms with Gasteiger partial charge in [-0.2, -0.15) is 0 Å². The highest BCUT2D eigenvalue weighted by molar-refractivity contribution is 7.92. The number of hydrogen-bond donors (Lipinski definition) is 2. The van der Waals surface area contributed by atoms with Crippen LogP contribution in [0.1, 0.15) is 6.92 Å². The molecule has 1 aliphatic heterocycles. The largest absolute Gasteiger partial charge is 0.497 e. The van der Waals surface area contributed by atoms with Crippen LogP contribution in [0.2, 0.25) is 0 Å². The van der Waals surface area contributed by atoms with Gasteiger partial charge < -0.3 is 19.3 Å². The van der Waals surface area contributed by atoms with E-state index >= 15 is 0 Å². The fraction of sp³-hybridized carbons (Fsp3) is 0.400. The van der Waals surface area contributed by atoms with Crippen LogP contribution < -0.4 is 24.0 Å². The third-order valence-electron chi connectivity index (χ3n) is 5.12. The molecule has 2 aromatic carbocycles. The van der Waals surface area contributed by atoms with Gasteiger partial charge in [-0.15, -0.1) is 0 Å². The predicted molar refractivity (Wildman–Crippen MR) is 110 cm³/mol. The van der Waals surface area contributed by atoms with E-state index in [1.807, 2.05) is 12.1 Å². The van der Waals surface area contributed by atoms with Gasteiger partial charge in [0.1, 0.15) is 16.4 Å². The number of nitrogens with one attached hydrogen (secondary N) is 2. The van der Waals surface area contributed by atoms with Crippen LogP contribution in [0.15, 0.2) is 47.4 Å². The number of quaternary nitrogens is 1. The molecule has 8 heteroatoms. The maximum Gasteiger partial charge on any atom is 0.265 e. The standard InChI is InChI=1S/C20H27N3O4S/c1-4-22-11-13-23(14-12-22)17-7-5-16(6-8-17)21-28(24,25)20-15-18(26-2)9-10-19(20)27-3/h5-10,15,21H,4,11-14H2,1-3H3/p+1. The molecule has 0 amide bonds. The van der Waals surface area contributed by atoms with Crippen LogP contribution in [-0.4, -0.2) is 55.4 Å². The minimum atomic E-state index is -3.81. The van der Waals surface area contributed by atoms with Gasteiger partial charge in [0.05, 0.1) is 46.9 Å². The number of benzene rings is 2. The first-order valence-corrected chi connectivity index (χ1v) is 10.9. The smallest absolute Gasteiger partial charge is 0.265 e. The lowest BCUT2D eigenvalue weighted by Crippen LogP contribution is -3.14. The molecule has 2 aromatic rings. The molecule has 1 aliphatic rings. The van der Waals surface area contributed by atoms with Gasteiger partial charge in [0, 0.05) is 17.4 Å². The second-order valence-corrected chi connectivity index (χ2v) is 8.41. The number of methoxy groups -OCH3 is 2. The molecule has 0 atom stereocenters. The minimum absolute atomic E-state index is 0.0390. The summed E-state index contributed by atoms with van der Waals surface area (Å²) in [5.74, 6) is 0.714. The van der Waals surface area contributed by atoms with Gasteiger partial charge in [-0.3, -0.25) is 4.72 Å². The Morgan fingerprint density at radius 2 is 1.71 bits per heavy atom. The first-order chi connectivity index (χ1) is 13.5. The van der Waals surface area contributed by atoms with Crippen molar-refractivity contribution in [3.05, 3.63) is 42.5 Å². The van der Waals surface area contributed by atoms with E-state index in [1.54, 1.807) is 29.2 Å². The van der Waals surface area contributed by atoms with Crippen molar-refractivity contribution in [1.82, 2.24) is 0 Å². The van der Waals surface area contributed by atoms with Crippen molar-refractivity contribution in [2.75, 3.05) is 56.6 Å². The highest BCUT2D eigenvalue weighted by Gasteiger charge is 2.22. The molecule has 1 heterocycles. The van der Waals surface area contributed by atoms with E-state index in [4.69, 9.17) is 9.47 Å². The van der Waals surface area contributed by atoms with Crippen LogP contribution in [0, 0.1) is 0 Å². The number of piperazine rings is 1. The van der Waals surface area contributed by atoms with Crippen molar-refractivity contribution < 1.29 is 22.8 Å². The lowest BCUT2D eigenvalue weighted by atomic mass is 10.2. The third-order valence-corrected chi connectivity index (χ3v) is 6.52. The summed E-state index contributed by atoms with van der Waals surface area (Å²) in [5.41, 5.74) is 1.61. The topological polar surface area (TPSA) is 72.3 Å². The molecule has 7 nitrogen and oxygen atoms in total. The van der Waals surface area contributed by atoms with Crippen molar-refractivity contribution >= 4 is 21.4 Å². The molecule has 0 aliphatic carbocycles. The predicted octanol–water partition coefficient (Wildman–Crippen LogP) is 1.23. The Kier molecular flexibility index (Phi) is 6.31. The Morgan fingerprint density at radius 3 is 2.29 bits per heavy atom. The molecule has 0 saturated carbocycles. The number of nitrogens with zero attached hydrogens (tertiary/aromatic N) is 1. The number of ether oxygens (including phenoxy) is 2. The summed E-state index contributed by atoms with van der Waals surface area (Å²) in [6.07, 6.45) is 0. The Bertz CT molecular complexity index is 892. The second-order valence-electron chi connectivity index (χ2n) is 6.76. The molecule has 3 rings (SSSR count). The Labute approximate surface area is 166 Å². The van der Waals surface area contributed by atoms with Crippen molar-refractivity contribution in [3.63, 3.8) is 0 Å². The second kappa shape index (κ2) is 8.70. The van der Waals surface area contributed by atoms with Crippen molar-refractivity contribution in [2.45, 2.75) is 11.8 Å². The number of rotatable bonds is 7. The zero-order valence-electron chi connectivity index (χ0n) is 16.6. The number of likely N-dealkylation sites (N-methyl/N-ethyl adjacent to an activating group) is 1.